The summed E-state index contributed by atoms with van der Waals surface area (Å²) in [6.45, 7) is 5.28. The third-order valence-corrected chi connectivity index (χ3v) is 5.63. The first-order chi connectivity index (χ1) is 16.3. The highest BCUT2D eigenvalue weighted by molar-refractivity contribution is 6.05. The normalized spacial score (nSPS) is 15.5. The number of aryl methyl sites for hydroxylation is 1. The van der Waals surface area contributed by atoms with Gasteiger partial charge in [0, 0.05) is 35.4 Å². The van der Waals surface area contributed by atoms with Crippen LogP contribution in [-0.2, 0) is 15.1 Å². The Kier molecular flexibility index (Phi) is 5.30. The Bertz CT molecular complexity index is 1400. The van der Waals surface area contributed by atoms with Crippen molar-refractivity contribution in [3.05, 3.63) is 96.0 Å². The molecule has 8 nitrogen and oxygen atoms in total. The SMILES string of the molecule is Cc1cc(C2NC(C(=O)Nc3cn4cc(C(C)(C)O)nc4cc3-c3ccccc3)=CO2)ccn1. The average Bonchev–Trinajstić information content (AvgIpc) is 3.46. The van der Waals surface area contributed by atoms with Gasteiger partial charge in [-0.05, 0) is 44.5 Å². The van der Waals surface area contributed by atoms with E-state index in [4.69, 9.17) is 4.74 Å². The first kappa shape index (κ1) is 21.7. The van der Waals surface area contributed by atoms with Gasteiger partial charge in [0.05, 0.1) is 11.4 Å². The van der Waals surface area contributed by atoms with Crippen molar-refractivity contribution < 1.29 is 14.6 Å². The van der Waals surface area contributed by atoms with Crippen molar-refractivity contribution in [1.29, 1.82) is 0 Å². The average molecular weight is 456 g/mol. The molecule has 0 saturated heterocycles. The molecular weight excluding hydrogens is 430 g/mol. The number of carbonyl (C=O) groups excluding carboxylic acids is 1. The summed E-state index contributed by atoms with van der Waals surface area (Å²) >= 11 is 0. The number of aromatic nitrogens is 3. The number of ether oxygens (including phenoxy) is 1. The highest BCUT2D eigenvalue weighted by Gasteiger charge is 2.25. The molecule has 1 aliphatic heterocycles. The van der Waals surface area contributed by atoms with Crippen molar-refractivity contribution in [2.24, 2.45) is 0 Å². The predicted molar refractivity (Wildman–Crippen MR) is 129 cm³/mol. The van der Waals surface area contributed by atoms with E-state index in [1.807, 2.05) is 55.5 Å². The van der Waals surface area contributed by atoms with Crippen LogP contribution in [0.1, 0.15) is 37.0 Å². The molecule has 1 unspecified atom stereocenters. The van der Waals surface area contributed by atoms with Gasteiger partial charge >= 0.3 is 0 Å². The lowest BCUT2D eigenvalue weighted by Gasteiger charge is -2.15. The highest BCUT2D eigenvalue weighted by Crippen LogP contribution is 2.31. The number of benzene rings is 1. The third-order valence-electron chi connectivity index (χ3n) is 5.63. The van der Waals surface area contributed by atoms with Crippen LogP contribution in [0.4, 0.5) is 5.69 Å². The number of nitrogens with one attached hydrogen (secondary N) is 2. The molecule has 8 heteroatoms. The van der Waals surface area contributed by atoms with E-state index in [9.17, 15) is 9.90 Å². The van der Waals surface area contributed by atoms with Crippen molar-refractivity contribution >= 4 is 17.2 Å². The van der Waals surface area contributed by atoms with Crippen LogP contribution in [0.2, 0.25) is 0 Å². The standard InChI is InChI=1S/C26H25N5O3/c1-16-11-18(9-10-27-16)25-29-21(15-34-25)24(32)28-20-13-31-14-22(26(2,3)33)30-23(31)12-19(20)17-7-5-4-6-8-17/h4-15,25,29,33H,1-3H3,(H,28,32). The summed E-state index contributed by atoms with van der Waals surface area (Å²) < 4.78 is 7.48. The maximum Gasteiger partial charge on any atom is 0.275 e. The molecule has 34 heavy (non-hydrogen) atoms. The molecule has 0 saturated carbocycles. The summed E-state index contributed by atoms with van der Waals surface area (Å²) in [5.41, 5.74) is 4.55. The molecule has 1 aromatic carbocycles. The second kappa shape index (κ2) is 8.31. The lowest BCUT2D eigenvalue weighted by molar-refractivity contribution is -0.113. The van der Waals surface area contributed by atoms with Crippen LogP contribution < -0.4 is 10.6 Å². The van der Waals surface area contributed by atoms with Gasteiger partial charge in [-0.3, -0.25) is 9.78 Å². The number of imidazole rings is 1. The minimum atomic E-state index is -1.08. The monoisotopic (exact) mass is 455 g/mol. The van der Waals surface area contributed by atoms with E-state index in [1.165, 1.54) is 6.26 Å². The second-order valence-corrected chi connectivity index (χ2v) is 8.79. The molecule has 0 bridgehead atoms. The van der Waals surface area contributed by atoms with E-state index in [1.54, 1.807) is 36.8 Å². The largest absolute Gasteiger partial charge is 0.472 e. The van der Waals surface area contributed by atoms with Gasteiger partial charge in [-0.15, -0.1) is 0 Å². The smallest absolute Gasteiger partial charge is 0.275 e. The number of aliphatic hydroxyl groups is 1. The number of hydrogen-bond acceptors (Lipinski definition) is 6. The fourth-order valence-corrected chi connectivity index (χ4v) is 3.83. The van der Waals surface area contributed by atoms with Crippen molar-refractivity contribution in [1.82, 2.24) is 19.7 Å². The zero-order valence-electron chi connectivity index (χ0n) is 19.1. The van der Waals surface area contributed by atoms with Gasteiger partial charge in [0.15, 0.2) is 6.23 Å². The van der Waals surface area contributed by atoms with Crippen molar-refractivity contribution in [3.63, 3.8) is 0 Å². The van der Waals surface area contributed by atoms with Crippen LogP contribution in [-0.4, -0.2) is 25.4 Å². The number of carbonyl (C=O) groups is 1. The molecule has 3 aromatic heterocycles. The number of nitrogens with zero attached hydrogens (tertiary/aromatic N) is 3. The van der Waals surface area contributed by atoms with E-state index >= 15 is 0 Å². The Hall–Kier alpha value is -4.17. The summed E-state index contributed by atoms with van der Waals surface area (Å²) in [5.74, 6) is -0.326. The zero-order chi connectivity index (χ0) is 23.9. The van der Waals surface area contributed by atoms with E-state index in [0.717, 1.165) is 22.4 Å². The quantitative estimate of drug-likeness (QED) is 0.420. The zero-order valence-corrected chi connectivity index (χ0v) is 19.1. The first-order valence-corrected chi connectivity index (χ1v) is 10.9. The number of rotatable bonds is 5. The molecule has 4 aromatic rings. The van der Waals surface area contributed by atoms with Gasteiger partial charge in [0.25, 0.3) is 5.91 Å². The van der Waals surface area contributed by atoms with Crippen LogP contribution in [0, 0.1) is 6.92 Å². The minimum absolute atomic E-state index is 0.321. The maximum atomic E-state index is 13.1. The number of fused-ring (bicyclic) bond motifs is 1. The first-order valence-electron chi connectivity index (χ1n) is 10.9. The Labute approximate surface area is 196 Å². The Balaban J connectivity index is 1.46. The number of amides is 1. The summed E-state index contributed by atoms with van der Waals surface area (Å²) in [5, 5.41) is 16.5. The predicted octanol–water partition coefficient (Wildman–Crippen LogP) is 4.03. The fraction of sp³-hybridized carbons (Fsp3) is 0.192. The van der Waals surface area contributed by atoms with Crippen LogP contribution >= 0.6 is 0 Å². The van der Waals surface area contributed by atoms with Gasteiger partial charge < -0.3 is 24.9 Å². The summed E-state index contributed by atoms with van der Waals surface area (Å²) in [4.78, 5) is 21.9. The van der Waals surface area contributed by atoms with Crippen LogP contribution in [0.25, 0.3) is 16.8 Å². The van der Waals surface area contributed by atoms with Crippen molar-refractivity contribution in [2.75, 3.05) is 5.32 Å². The molecule has 5 rings (SSSR count). The topological polar surface area (TPSA) is 101 Å². The highest BCUT2D eigenvalue weighted by atomic mass is 16.5. The van der Waals surface area contributed by atoms with E-state index in [0.29, 0.717) is 22.7 Å². The van der Waals surface area contributed by atoms with Crippen molar-refractivity contribution in [2.45, 2.75) is 32.6 Å². The van der Waals surface area contributed by atoms with Crippen LogP contribution in [0.5, 0.6) is 0 Å². The molecular formula is C26H25N5O3. The van der Waals surface area contributed by atoms with Gasteiger partial charge in [0.1, 0.15) is 23.2 Å². The lowest BCUT2D eigenvalue weighted by atomic mass is 10.1. The molecule has 1 aliphatic rings. The molecule has 1 atom stereocenters. The van der Waals surface area contributed by atoms with Gasteiger partial charge in [-0.25, -0.2) is 4.98 Å². The van der Waals surface area contributed by atoms with Gasteiger partial charge in [-0.1, -0.05) is 30.3 Å². The van der Waals surface area contributed by atoms with E-state index in [-0.39, 0.29) is 5.91 Å². The van der Waals surface area contributed by atoms with Gasteiger partial charge in [-0.2, -0.15) is 0 Å². The third kappa shape index (κ3) is 4.23. The summed E-state index contributed by atoms with van der Waals surface area (Å²) in [6.07, 6.45) is 6.25. The molecule has 4 heterocycles. The van der Waals surface area contributed by atoms with Crippen molar-refractivity contribution in [3.8, 4) is 11.1 Å². The molecule has 0 fully saturated rings. The van der Waals surface area contributed by atoms with Crippen LogP contribution in [0.15, 0.2) is 79.1 Å². The Morgan fingerprint density at radius 3 is 2.71 bits per heavy atom. The molecule has 172 valence electrons. The van der Waals surface area contributed by atoms with Crippen LogP contribution in [0.3, 0.4) is 0 Å². The van der Waals surface area contributed by atoms with E-state index in [2.05, 4.69) is 20.6 Å². The lowest BCUT2D eigenvalue weighted by Crippen LogP contribution is -2.25. The maximum absolute atomic E-state index is 13.1. The molecule has 1 amide bonds. The fourth-order valence-electron chi connectivity index (χ4n) is 3.83. The second-order valence-electron chi connectivity index (χ2n) is 8.79. The number of pyridine rings is 2. The van der Waals surface area contributed by atoms with Gasteiger partial charge in [0.2, 0.25) is 0 Å². The molecule has 0 radical (unpaired) electrons. The number of anilines is 1. The number of hydrogen-bond donors (Lipinski definition) is 3. The Morgan fingerprint density at radius 1 is 1.18 bits per heavy atom. The minimum Gasteiger partial charge on any atom is -0.472 e. The molecule has 0 aliphatic carbocycles. The Morgan fingerprint density at radius 2 is 1.97 bits per heavy atom. The summed E-state index contributed by atoms with van der Waals surface area (Å²) in [6, 6.07) is 15.4. The summed E-state index contributed by atoms with van der Waals surface area (Å²) in [7, 11) is 0. The molecule has 0 spiro atoms. The molecule has 3 N–H and O–H groups in total. The van der Waals surface area contributed by atoms with E-state index < -0.39 is 11.8 Å².